The Morgan fingerprint density at radius 1 is 1.19 bits per heavy atom. The molecule has 3 heterocycles. The Morgan fingerprint density at radius 2 is 2.06 bits per heavy atom. The number of rotatable bonds is 6. The number of carbonyl (C=O) groups is 1. The summed E-state index contributed by atoms with van der Waals surface area (Å²) in [4.78, 5) is 20.9. The molecule has 1 amide bonds. The monoisotopic (exact) mass is 445 g/mol. The lowest BCUT2D eigenvalue weighted by molar-refractivity contribution is 0.0966. The van der Waals surface area contributed by atoms with E-state index in [1.807, 2.05) is 18.2 Å². The molecule has 5 nitrogen and oxygen atoms in total. The van der Waals surface area contributed by atoms with Crippen molar-refractivity contribution in [3.63, 3.8) is 0 Å². The van der Waals surface area contributed by atoms with Gasteiger partial charge in [0.25, 0.3) is 5.91 Å². The minimum atomic E-state index is 0.00837. The Balaban J connectivity index is 1.43. The maximum absolute atomic E-state index is 12.6. The zero-order valence-electron chi connectivity index (χ0n) is 18.4. The highest BCUT2D eigenvalue weighted by molar-refractivity contribution is 7.21. The van der Waals surface area contributed by atoms with Crippen LogP contribution in [0.25, 0.3) is 21.0 Å². The van der Waals surface area contributed by atoms with Crippen molar-refractivity contribution < 1.29 is 9.53 Å². The third kappa shape index (κ3) is 3.85. The molecule has 2 aromatic carbocycles. The Hall–Kier alpha value is -2.96. The number of ether oxygens (including phenoxy) is 1. The normalized spacial score (nSPS) is 16.6. The molecule has 0 bridgehead atoms. The number of likely N-dealkylation sites (tertiary alicyclic amines) is 1. The van der Waals surface area contributed by atoms with Crippen LogP contribution < -0.4 is 10.1 Å². The highest BCUT2D eigenvalue weighted by Crippen LogP contribution is 2.35. The summed E-state index contributed by atoms with van der Waals surface area (Å²) in [5.74, 6) is 0.816. The SMILES string of the molecule is CNC(=O)c1sc2ccccc2c1CC1CCCN1Cc1ccc2cccc(OC)c2n1. The lowest BCUT2D eigenvalue weighted by Gasteiger charge is -2.24. The molecule has 4 aromatic rings. The van der Waals surface area contributed by atoms with E-state index in [-0.39, 0.29) is 5.91 Å². The van der Waals surface area contributed by atoms with Crippen molar-refractivity contribution in [2.75, 3.05) is 20.7 Å². The van der Waals surface area contributed by atoms with Crippen LogP contribution in [0.2, 0.25) is 0 Å². The summed E-state index contributed by atoms with van der Waals surface area (Å²) in [7, 11) is 3.40. The van der Waals surface area contributed by atoms with Gasteiger partial charge in [-0.3, -0.25) is 9.69 Å². The number of nitrogens with one attached hydrogen (secondary N) is 1. The molecule has 0 saturated carbocycles. The first-order valence-electron chi connectivity index (χ1n) is 11.1. The van der Waals surface area contributed by atoms with E-state index in [2.05, 4.69) is 46.6 Å². The fourth-order valence-electron chi connectivity index (χ4n) is 4.79. The van der Waals surface area contributed by atoms with Crippen LogP contribution >= 0.6 is 11.3 Å². The molecule has 0 aliphatic carbocycles. The van der Waals surface area contributed by atoms with Crippen molar-refractivity contribution in [3.05, 3.63) is 70.7 Å². The van der Waals surface area contributed by atoms with Crippen LogP contribution in [0.3, 0.4) is 0 Å². The molecule has 0 radical (unpaired) electrons. The number of carbonyl (C=O) groups excluding carboxylic acids is 1. The summed E-state index contributed by atoms with van der Waals surface area (Å²) < 4.78 is 6.69. The zero-order valence-corrected chi connectivity index (χ0v) is 19.2. The largest absolute Gasteiger partial charge is 0.494 e. The third-order valence-corrected chi connectivity index (χ3v) is 7.61. The quantitative estimate of drug-likeness (QED) is 0.453. The van der Waals surface area contributed by atoms with Crippen molar-refractivity contribution in [1.29, 1.82) is 0 Å². The second-order valence-corrected chi connectivity index (χ2v) is 9.34. The number of hydrogen-bond acceptors (Lipinski definition) is 5. The summed E-state index contributed by atoms with van der Waals surface area (Å²) >= 11 is 1.59. The number of pyridine rings is 1. The van der Waals surface area contributed by atoms with E-state index < -0.39 is 0 Å². The summed E-state index contributed by atoms with van der Waals surface area (Å²) in [5.41, 5.74) is 3.14. The highest BCUT2D eigenvalue weighted by Gasteiger charge is 2.28. The fraction of sp³-hybridized carbons (Fsp3) is 0.308. The fourth-order valence-corrected chi connectivity index (χ4v) is 5.97. The minimum absolute atomic E-state index is 0.00837. The van der Waals surface area contributed by atoms with Crippen molar-refractivity contribution in [2.45, 2.75) is 31.8 Å². The molecule has 0 spiro atoms. The van der Waals surface area contributed by atoms with E-state index in [1.165, 1.54) is 22.1 Å². The first kappa shape index (κ1) is 20.9. The number of benzene rings is 2. The molecular formula is C26H27N3O2S. The Morgan fingerprint density at radius 3 is 2.91 bits per heavy atom. The number of para-hydroxylation sites is 1. The van der Waals surface area contributed by atoms with E-state index in [0.29, 0.717) is 6.04 Å². The van der Waals surface area contributed by atoms with Crippen LogP contribution in [0.4, 0.5) is 0 Å². The van der Waals surface area contributed by atoms with Gasteiger partial charge in [-0.25, -0.2) is 4.98 Å². The second kappa shape index (κ2) is 8.88. The number of methoxy groups -OCH3 is 1. The topological polar surface area (TPSA) is 54.5 Å². The van der Waals surface area contributed by atoms with Crippen LogP contribution in [0.1, 0.15) is 33.8 Å². The number of thiophene rings is 1. The van der Waals surface area contributed by atoms with E-state index in [1.54, 1.807) is 25.5 Å². The molecule has 1 saturated heterocycles. The van der Waals surface area contributed by atoms with Crippen molar-refractivity contribution >= 4 is 38.2 Å². The van der Waals surface area contributed by atoms with Gasteiger partial charge in [0.1, 0.15) is 11.3 Å². The Kier molecular flexibility index (Phi) is 5.81. The minimum Gasteiger partial charge on any atom is -0.494 e. The highest BCUT2D eigenvalue weighted by atomic mass is 32.1. The van der Waals surface area contributed by atoms with Crippen LogP contribution in [-0.2, 0) is 13.0 Å². The van der Waals surface area contributed by atoms with Gasteiger partial charge in [-0.05, 0) is 55.0 Å². The average molecular weight is 446 g/mol. The molecular weight excluding hydrogens is 418 g/mol. The molecule has 32 heavy (non-hydrogen) atoms. The molecule has 6 heteroatoms. The van der Waals surface area contributed by atoms with Gasteiger partial charge in [0, 0.05) is 29.7 Å². The molecule has 1 N–H and O–H groups in total. The first-order chi connectivity index (χ1) is 15.7. The van der Waals surface area contributed by atoms with E-state index in [9.17, 15) is 4.79 Å². The Labute approximate surface area is 192 Å². The predicted molar refractivity (Wildman–Crippen MR) is 131 cm³/mol. The smallest absolute Gasteiger partial charge is 0.261 e. The third-order valence-electron chi connectivity index (χ3n) is 6.40. The van der Waals surface area contributed by atoms with Crippen LogP contribution in [-0.4, -0.2) is 42.5 Å². The van der Waals surface area contributed by atoms with Crippen molar-refractivity contribution in [3.8, 4) is 5.75 Å². The molecule has 1 unspecified atom stereocenters. The average Bonchev–Trinajstić information content (AvgIpc) is 3.42. The van der Waals surface area contributed by atoms with Gasteiger partial charge >= 0.3 is 0 Å². The molecule has 164 valence electrons. The van der Waals surface area contributed by atoms with Crippen LogP contribution in [0, 0.1) is 0 Å². The van der Waals surface area contributed by atoms with E-state index in [0.717, 1.165) is 53.2 Å². The lowest BCUT2D eigenvalue weighted by atomic mass is 10.00. The maximum atomic E-state index is 12.6. The van der Waals surface area contributed by atoms with Crippen LogP contribution in [0.15, 0.2) is 54.6 Å². The van der Waals surface area contributed by atoms with Crippen molar-refractivity contribution in [2.24, 2.45) is 0 Å². The summed E-state index contributed by atoms with van der Waals surface area (Å²) in [6, 6.07) is 19.0. The van der Waals surface area contributed by atoms with E-state index in [4.69, 9.17) is 9.72 Å². The lowest BCUT2D eigenvalue weighted by Crippen LogP contribution is -2.31. The first-order valence-corrected chi connectivity index (χ1v) is 11.9. The maximum Gasteiger partial charge on any atom is 0.261 e. The van der Waals surface area contributed by atoms with Crippen LogP contribution in [0.5, 0.6) is 5.75 Å². The standard InChI is InChI=1S/C26H27N3O2S/c1-27-26(30)25-21(20-9-3-4-11-23(20)32-25)15-19-8-6-14-29(19)16-18-13-12-17-7-5-10-22(31-2)24(17)28-18/h3-5,7,9-13,19H,6,8,14-16H2,1-2H3,(H,27,30). The van der Waals surface area contributed by atoms with E-state index >= 15 is 0 Å². The molecule has 2 aromatic heterocycles. The van der Waals surface area contributed by atoms with Gasteiger partial charge in [-0.15, -0.1) is 11.3 Å². The summed E-state index contributed by atoms with van der Waals surface area (Å²) in [5, 5.41) is 5.12. The number of amides is 1. The van der Waals surface area contributed by atoms with Gasteiger partial charge in [0.2, 0.25) is 0 Å². The zero-order chi connectivity index (χ0) is 22.1. The van der Waals surface area contributed by atoms with Gasteiger partial charge in [0.05, 0.1) is 17.7 Å². The number of aromatic nitrogens is 1. The Bertz CT molecular complexity index is 1280. The van der Waals surface area contributed by atoms with Gasteiger partial charge in [-0.2, -0.15) is 0 Å². The molecule has 1 aliphatic rings. The van der Waals surface area contributed by atoms with Gasteiger partial charge < -0.3 is 10.1 Å². The molecule has 5 rings (SSSR count). The number of hydrogen-bond donors (Lipinski definition) is 1. The summed E-state index contributed by atoms with van der Waals surface area (Å²) in [6.07, 6.45) is 3.18. The second-order valence-electron chi connectivity index (χ2n) is 8.29. The number of nitrogens with zero attached hydrogens (tertiary/aromatic N) is 2. The molecule has 1 fully saturated rings. The van der Waals surface area contributed by atoms with Gasteiger partial charge in [0.15, 0.2) is 0 Å². The van der Waals surface area contributed by atoms with Crippen molar-refractivity contribution in [1.82, 2.24) is 15.2 Å². The summed E-state index contributed by atoms with van der Waals surface area (Å²) in [6.45, 7) is 1.85. The number of fused-ring (bicyclic) bond motifs is 2. The van der Waals surface area contributed by atoms with Gasteiger partial charge in [-0.1, -0.05) is 36.4 Å². The predicted octanol–water partition coefficient (Wildman–Crippen LogP) is 5.02. The molecule has 1 aliphatic heterocycles. The molecule has 1 atom stereocenters.